The fraction of sp³-hybridized carbons (Fsp3) is 0.320. The van der Waals surface area contributed by atoms with Gasteiger partial charge in [-0.1, -0.05) is 12.1 Å². The summed E-state index contributed by atoms with van der Waals surface area (Å²) in [5, 5.41) is 0. The highest BCUT2D eigenvalue weighted by Gasteiger charge is 2.36. The zero-order valence-electron chi connectivity index (χ0n) is 17.7. The predicted molar refractivity (Wildman–Crippen MR) is 118 cm³/mol. The van der Waals surface area contributed by atoms with Gasteiger partial charge in [0.25, 0.3) is 17.7 Å². The molecule has 7 heteroatoms. The molecule has 0 N–H and O–H groups in total. The molecule has 1 fully saturated rings. The molecule has 2 aromatic rings. The van der Waals surface area contributed by atoms with Crippen LogP contribution in [0.1, 0.15) is 49.5 Å². The highest BCUT2D eigenvalue weighted by atomic mass is 19.1. The molecule has 3 aliphatic heterocycles. The Bertz CT molecular complexity index is 1100. The number of amides is 3. The van der Waals surface area contributed by atoms with Crippen molar-refractivity contribution in [3.05, 3.63) is 76.6 Å². The molecule has 0 aromatic heterocycles. The molecule has 3 aliphatic rings. The summed E-state index contributed by atoms with van der Waals surface area (Å²) in [6.07, 6.45) is 3.36. The molecule has 3 heterocycles. The van der Waals surface area contributed by atoms with Gasteiger partial charge in [-0.2, -0.15) is 0 Å². The van der Waals surface area contributed by atoms with Crippen molar-refractivity contribution in [2.24, 2.45) is 0 Å². The molecule has 0 spiro atoms. The standard InChI is InChI=1S/C25H24FN3O3/c26-14-17(16-29-24(31)20-5-1-2-6-21(20)25(29)32)15-28-12-9-18-13-19(7-8-22(18)28)23(30)27-10-3-4-11-27/h1-2,5-8,13-14H,3-4,9-12,15-16H2. The van der Waals surface area contributed by atoms with E-state index in [-0.39, 0.29) is 19.0 Å². The summed E-state index contributed by atoms with van der Waals surface area (Å²) >= 11 is 0. The number of fused-ring (bicyclic) bond motifs is 2. The minimum Gasteiger partial charge on any atom is -0.367 e. The van der Waals surface area contributed by atoms with E-state index >= 15 is 0 Å². The highest BCUT2D eigenvalue weighted by molar-refractivity contribution is 6.21. The molecule has 164 valence electrons. The Balaban J connectivity index is 1.29. The van der Waals surface area contributed by atoms with Crippen LogP contribution in [-0.4, -0.2) is 60.2 Å². The number of anilines is 1. The zero-order chi connectivity index (χ0) is 22.2. The fourth-order valence-electron chi connectivity index (χ4n) is 4.82. The Kier molecular flexibility index (Phi) is 5.25. The smallest absolute Gasteiger partial charge is 0.261 e. The Morgan fingerprint density at radius 3 is 2.28 bits per heavy atom. The molecule has 2 aromatic carbocycles. The summed E-state index contributed by atoms with van der Waals surface area (Å²) in [7, 11) is 0. The van der Waals surface area contributed by atoms with Crippen LogP contribution in [-0.2, 0) is 6.42 Å². The molecular weight excluding hydrogens is 409 g/mol. The molecule has 6 nitrogen and oxygen atoms in total. The van der Waals surface area contributed by atoms with Crippen molar-refractivity contribution in [1.82, 2.24) is 9.80 Å². The van der Waals surface area contributed by atoms with Gasteiger partial charge in [0.2, 0.25) is 0 Å². The van der Waals surface area contributed by atoms with Crippen LogP contribution in [0.5, 0.6) is 0 Å². The Labute approximate surface area is 185 Å². The second-order valence-corrected chi connectivity index (χ2v) is 8.52. The first-order valence-electron chi connectivity index (χ1n) is 11.0. The number of rotatable bonds is 5. The molecule has 32 heavy (non-hydrogen) atoms. The first kappa shape index (κ1) is 20.4. The SMILES string of the molecule is O=C(c1ccc2c(c1)CCN2CC(=CF)CN1C(=O)c2ccccc2C1=O)N1CCCC1. The van der Waals surface area contributed by atoms with E-state index in [0.29, 0.717) is 35.1 Å². The quantitative estimate of drug-likeness (QED) is 0.678. The minimum absolute atomic E-state index is 0.0683. The monoisotopic (exact) mass is 433 g/mol. The van der Waals surface area contributed by atoms with Crippen molar-refractivity contribution in [2.45, 2.75) is 19.3 Å². The number of carbonyl (C=O) groups is 3. The Morgan fingerprint density at radius 2 is 1.62 bits per heavy atom. The summed E-state index contributed by atoms with van der Waals surface area (Å²) in [4.78, 5) is 42.9. The number of hydrogen-bond donors (Lipinski definition) is 0. The molecule has 0 atom stereocenters. The topological polar surface area (TPSA) is 60.9 Å². The van der Waals surface area contributed by atoms with Gasteiger partial charge in [-0.3, -0.25) is 19.3 Å². The van der Waals surface area contributed by atoms with E-state index in [0.717, 1.165) is 48.5 Å². The number of halogens is 1. The third-order valence-electron chi connectivity index (χ3n) is 6.50. The number of benzene rings is 2. The number of imide groups is 1. The third kappa shape index (κ3) is 3.47. The van der Waals surface area contributed by atoms with Gasteiger partial charge in [0.1, 0.15) is 0 Å². The lowest BCUT2D eigenvalue weighted by molar-refractivity contribution is 0.0666. The van der Waals surface area contributed by atoms with E-state index in [1.165, 1.54) is 0 Å². The van der Waals surface area contributed by atoms with Gasteiger partial charge < -0.3 is 9.80 Å². The molecule has 0 aliphatic carbocycles. The van der Waals surface area contributed by atoms with Crippen LogP contribution in [0.3, 0.4) is 0 Å². The van der Waals surface area contributed by atoms with Crippen LogP contribution >= 0.6 is 0 Å². The average Bonchev–Trinajstić information content (AvgIpc) is 3.54. The molecule has 0 bridgehead atoms. The maximum absolute atomic E-state index is 13.8. The molecule has 0 saturated carbocycles. The summed E-state index contributed by atoms with van der Waals surface area (Å²) < 4.78 is 13.8. The largest absolute Gasteiger partial charge is 0.367 e. The van der Waals surface area contributed by atoms with E-state index in [1.807, 2.05) is 28.0 Å². The Hall–Kier alpha value is -3.48. The maximum atomic E-state index is 13.8. The minimum atomic E-state index is -0.392. The second kappa shape index (κ2) is 8.22. The number of likely N-dealkylation sites (tertiary alicyclic amines) is 1. The maximum Gasteiger partial charge on any atom is 0.261 e. The molecule has 5 rings (SSSR count). The molecule has 3 amide bonds. The van der Waals surface area contributed by atoms with Gasteiger partial charge in [0, 0.05) is 37.4 Å². The zero-order valence-corrected chi connectivity index (χ0v) is 17.7. The number of nitrogens with zero attached hydrogens (tertiary/aromatic N) is 3. The summed E-state index contributed by atoms with van der Waals surface area (Å²) in [5.41, 5.74) is 3.79. The van der Waals surface area contributed by atoms with Crippen molar-refractivity contribution >= 4 is 23.4 Å². The molecule has 0 radical (unpaired) electrons. The van der Waals surface area contributed by atoms with E-state index in [4.69, 9.17) is 0 Å². The van der Waals surface area contributed by atoms with Gasteiger partial charge in [-0.25, -0.2) is 4.39 Å². The van der Waals surface area contributed by atoms with E-state index in [9.17, 15) is 18.8 Å². The van der Waals surface area contributed by atoms with Crippen molar-refractivity contribution in [1.29, 1.82) is 0 Å². The predicted octanol–water partition coefficient (Wildman–Crippen LogP) is 3.43. The van der Waals surface area contributed by atoms with Crippen molar-refractivity contribution in [3.63, 3.8) is 0 Å². The van der Waals surface area contributed by atoms with E-state index in [1.54, 1.807) is 24.3 Å². The van der Waals surface area contributed by atoms with Gasteiger partial charge >= 0.3 is 0 Å². The first-order valence-corrected chi connectivity index (χ1v) is 11.0. The van der Waals surface area contributed by atoms with Crippen LogP contribution in [0.15, 0.2) is 54.4 Å². The number of hydrogen-bond acceptors (Lipinski definition) is 4. The first-order chi connectivity index (χ1) is 15.6. The summed E-state index contributed by atoms with van der Waals surface area (Å²) in [6, 6.07) is 12.4. The second-order valence-electron chi connectivity index (χ2n) is 8.52. The van der Waals surface area contributed by atoms with Crippen LogP contribution in [0, 0.1) is 0 Å². The van der Waals surface area contributed by atoms with Crippen LogP contribution < -0.4 is 4.90 Å². The Morgan fingerprint density at radius 1 is 0.938 bits per heavy atom. The van der Waals surface area contributed by atoms with Crippen molar-refractivity contribution < 1.29 is 18.8 Å². The highest BCUT2D eigenvalue weighted by Crippen LogP contribution is 2.31. The molecular formula is C25H24FN3O3. The van der Waals surface area contributed by atoms with Gasteiger partial charge in [-0.15, -0.1) is 0 Å². The summed E-state index contributed by atoms with van der Waals surface area (Å²) in [5.74, 6) is -0.715. The van der Waals surface area contributed by atoms with Gasteiger partial charge in [-0.05, 0) is 60.7 Å². The van der Waals surface area contributed by atoms with Crippen LogP contribution in [0.2, 0.25) is 0 Å². The molecule has 1 saturated heterocycles. The summed E-state index contributed by atoms with van der Waals surface area (Å²) in [6.45, 7) is 2.50. The lowest BCUT2D eigenvalue weighted by Gasteiger charge is -2.23. The van der Waals surface area contributed by atoms with Crippen LogP contribution in [0.4, 0.5) is 10.1 Å². The van der Waals surface area contributed by atoms with Gasteiger partial charge in [0.05, 0.1) is 24.0 Å². The van der Waals surface area contributed by atoms with Crippen molar-refractivity contribution in [3.8, 4) is 0 Å². The normalized spacial score (nSPS) is 17.9. The van der Waals surface area contributed by atoms with Gasteiger partial charge in [0.15, 0.2) is 0 Å². The third-order valence-corrected chi connectivity index (χ3v) is 6.50. The fourth-order valence-corrected chi connectivity index (χ4v) is 4.82. The van der Waals surface area contributed by atoms with E-state index in [2.05, 4.69) is 0 Å². The number of carbonyl (C=O) groups excluding carboxylic acids is 3. The van der Waals surface area contributed by atoms with Crippen LogP contribution in [0.25, 0.3) is 0 Å². The molecule has 0 unspecified atom stereocenters. The lowest BCUT2D eigenvalue weighted by atomic mass is 10.1. The van der Waals surface area contributed by atoms with E-state index < -0.39 is 11.8 Å². The lowest BCUT2D eigenvalue weighted by Crippen LogP contribution is -2.35. The average molecular weight is 433 g/mol. The van der Waals surface area contributed by atoms with Crippen molar-refractivity contribution in [2.75, 3.05) is 37.6 Å².